The highest BCUT2D eigenvalue weighted by molar-refractivity contribution is 5.80. The lowest BCUT2D eigenvalue weighted by Gasteiger charge is -1.97. The molecule has 2 rings (SSSR count). The van der Waals surface area contributed by atoms with Gasteiger partial charge in [-0.15, -0.1) is 0 Å². The molecule has 0 aliphatic heterocycles. The van der Waals surface area contributed by atoms with Gasteiger partial charge in [-0.2, -0.15) is 5.10 Å². The quantitative estimate of drug-likeness (QED) is 0.607. The van der Waals surface area contributed by atoms with Crippen LogP contribution in [-0.4, -0.2) is 16.3 Å². The standard InChI is InChI=1S/C12H11N3O/c16-11-6-4-10(5-7-11)9-14-15-12-3-1-2-8-13-12/h1-9,16H,(H,13,15)/b14-9+. The number of nitrogens with zero attached hydrogens (tertiary/aromatic N) is 2. The first-order chi connectivity index (χ1) is 7.84. The van der Waals surface area contributed by atoms with Gasteiger partial charge in [-0.1, -0.05) is 6.07 Å². The summed E-state index contributed by atoms with van der Waals surface area (Å²) >= 11 is 0. The Hall–Kier alpha value is -2.36. The van der Waals surface area contributed by atoms with Crippen molar-refractivity contribution in [2.45, 2.75) is 0 Å². The van der Waals surface area contributed by atoms with Gasteiger partial charge in [-0.3, -0.25) is 5.43 Å². The molecule has 1 heterocycles. The second-order valence-corrected chi connectivity index (χ2v) is 3.18. The van der Waals surface area contributed by atoms with E-state index in [1.54, 1.807) is 36.7 Å². The van der Waals surface area contributed by atoms with Gasteiger partial charge in [0.2, 0.25) is 0 Å². The summed E-state index contributed by atoms with van der Waals surface area (Å²) in [5, 5.41) is 13.1. The molecule has 0 amide bonds. The zero-order valence-corrected chi connectivity index (χ0v) is 8.54. The zero-order valence-electron chi connectivity index (χ0n) is 8.54. The van der Waals surface area contributed by atoms with Crippen molar-refractivity contribution in [1.82, 2.24) is 4.98 Å². The Labute approximate surface area is 93.3 Å². The van der Waals surface area contributed by atoms with Gasteiger partial charge in [0.25, 0.3) is 0 Å². The molecule has 1 aromatic heterocycles. The summed E-state index contributed by atoms with van der Waals surface area (Å²) in [6.07, 6.45) is 3.35. The maximum absolute atomic E-state index is 9.09. The van der Waals surface area contributed by atoms with Crippen molar-refractivity contribution < 1.29 is 5.11 Å². The molecule has 2 aromatic rings. The van der Waals surface area contributed by atoms with Crippen LogP contribution in [0, 0.1) is 0 Å². The van der Waals surface area contributed by atoms with E-state index in [4.69, 9.17) is 5.11 Å². The van der Waals surface area contributed by atoms with Crippen LogP contribution in [-0.2, 0) is 0 Å². The minimum Gasteiger partial charge on any atom is -0.508 e. The van der Waals surface area contributed by atoms with Crippen LogP contribution in [0.3, 0.4) is 0 Å². The molecular weight excluding hydrogens is 202 g/mol. The molecule has 0 unspecified atom stereocenters. The van der Waals surface area contributed by atoms with Gasteiger partial charge in [0, 0.05) is 6.20 Å². The number of nitrogens with one attached hydrogen (secondary N) is 1. The van der Waals surface area contributed by atoms with Crippen molar-refractivity contribution in [2.24, 2.45) is 5.10 Å². The normalized spacial score (nSPS) is 10.5. The van der Waals surface area contributed by atoms with E-state index >= 15 is 0 Å². The summed E-state index contributed by atoms with van der Waals surface area (Å²) in [7, 11) is 0. The van der Waals surface area contributed by atoms with Crippen molar-refractivity contribution in [3.63, 3.8) is 0 Å². The average molecular weight is 213 g/mol. The number of hydrazone groups is 1. The molecule has 0 spiro atoms. The monoisotopic (exact) mass is 213 g/mol. The molecule has 4 nitrogen and oxygen atoms in total. The number of hydrogen-bond donors (Lipinski definition) is 2. The van der Waals surface area contributed by atoms with Gasteiger partial charge in [-0.25, -0.2) is 4.98 Å². The maximum Gasteiger partial charge on any atom is 0.146 e. The Bertz CT molecular complexity index is 465. The zero-order chi connectivity index (χ0) is 11.2. The molecular formula is C12H11N3O. The second-order valence-electron chi connectivity index (χ2n) is 3.18. The molecule has 0 atom stereocenters. The van der Waals surface area contributed by atoms with Crippen LogP contribution < -0.4 is 5.43 Å². The second kappa shape index (κ2) is 4.93. The topological polar surface area (TPSA) is 57.5 Å². The summed E-state index contributed by atoms with van der Waals surface area (Å²) < 4.78 is 0. The molecule has 0 radical (unpaired) electrons. The lowest BCUT2D eigenvalue weighted by Crippen LogP contribution is -1.92. The van der Waals surface area contributed by atoms with Crippen LogP contribution in [0.4, 0.5) is 5.82 Å². The number of benzene rings is 1. The number of hydrogen-bond acceptors (Lipinski definition) is 4. The molecule has 2 N–H and O–H groups in total. The summed E-state index contributed by atoms with van der Waals surface area (Å²) in [5.74, 6) is 0.937. The van der Waals surface area contributed by atoms with E-state index in [0.29, 0.717) is 5.82 Å². The first-order valence-electron chi connectivity index (χ1n) is 4.84. The van der Waals surface area contributed by atoms with Crippen LogP contribution >= 0.6 is 0 Å². The number of rotatable bonds is 3. The van der Waals surface area contributed by atoms with Crippen LogP contribution in [0.15, 0.2) is 53.8 Å². The predicted molar refractivity (Wildman–Crippen MR) is 63.6 cm³/mol. The highest BCUT2D eigenvalue weighted by Gasteiger charge is 1.89. The van der Waals surface area contributed by atoms with E-state index in [9.17, 15) is 0 Å². The predicted octanol–water partition coefficient (Wildman–Crippen LogP) is 2.23. The van der Waals surface area contributed by atoms with E-state index in [-0.39, 0.29) is 5.75 Å². The molecule has 4 heteroatoms. The molecule has 0 aliphatic rings. The van der Waals surface area contributed by atoms with Gasteiger partial charge >= 0.3 is 0 Å². The Morgan fingerprint density at radius 1 is 1.12 bits per heavy atom. The average Bonchev–Trinajstić information content (AvgIpc) is 2.33. The molecule has 0 bridgehead atoms. The van der Waals surface area contributed by atoms with Crippen molar-refractivity contribution in [1.29, 1.82) is 0 Å². The van der Waals surface area contributed by atoms with E-state index in [0.717, 1.165) is 5.56 Å². The number of anilines is 1. The molecule has 0 fully saturated rings. The van der Waals surface area contributed by atoms with Crippen LogP contribution in [0.1, 0.15) is 5.56 Å². The smallest absolute Gasteiger partial charge is 0.146 e. The summed E-state index contributed by atoms with van der Waals surface area (Å²) in [6, 6.07) is 12.3. The third kappa shape index (κ3) is 2.81. The van der Waals surface area contributed by atoms with Gasteiger partial charge in [0.05, 0.1) is 6.21 Å². The lowest BCUT2D eigenvalue weighted by atomic mass is 10.2. The highest BCUT2D eigenvalue weighted by Crippen LogP contribution is 2.08. The first kappa shape index (κ1) is 10.2. The third-order valence-corrected chi connectivity index (χ3v) is 1.95. The third-order valence-electron chi connectivity index (χ3n) is 1.95. The van der Waals surface area contributed by atoms with Crippen LogP contribution in [0.25, 0.3) is 0 Å². The summed E-state index contributed by atoms with van der Waals surface area (Å²) in [5.41, 5.74) is 3.71. The van der Waals surface area contributed by atoms with Gasteiger partial charge in [0.15, 0.2) is 0 Å². The lowest BCUT2D eigenvalue weighted by molar-refractivity contribution is 0.475. The summed E-state index contributed by atoms with van der Waals surface area (Å²) in [4.78, 5) is 4.06. The van der Waals surface area contributed by atoms with E-state index in [2.05, 4.69) is 15.5 Å². The Morgan fingerprint density at radius 2 is 1.94 bits per heavy atom. The number of aromatic hydroxyl groups is 1. The minimum atomic E-state index is 0.245. The van der Waals surface area contributed by atoms with Crippen molar-refractivity contribution in [3.8, 4) is 5.75 Å². The Balaban J connectivity index is 1.98. The Morgan fingerprint density at radius 3 is 2.62 bits per heavy atom. The van der Waals surface area contributed by atoms with Gasteiger partial charge in [0.1, 0.15) is 11.6 Å². The Kier molecular flexibility index (Phi) is 3.13. The van der Waals surface area contributed by atoms with Crippen molar-refractivity contribution in [3.05, 3.63) is 54.2 Å². The molecule has 1 aromatic carbocycles. The van der Waals surface area contributed by atoms with E-state index < -0.39 is 0 Å². The maximum atomic E-state index is 9.09. The number of phenols is 1. The van der Waals surface area contributed by atoms with E-state index in [1.807, 2.05) is 18.2 Å². The fourth-order valence-corrected chi connectivity index (χ4v) is 1.16. The highest BCUT2D eigenvalue weighted by atomic mass is 16.3. The largest absolute Gasteiger partial charge is 0.508 e. The van der Waals surface area contributed by atoms with Crippen LogP contribution in [0.5, 0.6) is 5.75 Å². The van der Waals surface area contributed by atoms with Crippen molar-refractivity contribution in [2.75, 3.05) is 5.43 Å². The molecule has 0 aliphatic carbocycles. The molecule has 0 saturated heterocycles. The minimum absolute atomic E-state index is 0.245. The van der Waals surface area contributed by atoms with Gasteiger partial charge < -0.3 is 5.11 Å². The van der Waals surface area contributed by atoms with Crippen molar-refractivity contribution >= 4 is 12.0 Å². The number of aromatic nitrogens is 1. The fraction of sp³-hybridized carbons (Fsp3) is 0. The molecule has 80 valence electrons. The number of phenolic OH excluding ortho intramolecular Hbond substituents is 1. The van der Waals surface area contributed by atoms with Crippen LogP contribution in [0.2, 0.25) is 0 Å². The molecule has 0 saturated carbocycles. The fourth-order valence-electron chi connectivity index (χ4n) is 1.16. The molecule has 16 heavy (non-hydrogen) atoms. The van der Waals surface area contributed by atoms with Gasteiger partial charge in [-0.05, 0) is 42.0 Å². The van der Waals surface area contributed by atoms with E-state index in [1.165, 1.54) is 0 Å². The summed E-state index contributed by atoms with van der Waals surface area (Å²) in [6.45, 7) is 0. The number of pyridine rings is 1. The first-order valence-corrected chi connectivity index (χ1v) is 4.84. The SMILES string of the molecule is Oc1ccc(/C=N/Nc2ccccn2)cc1.